The third-order valence-corrected chi connectivity index (χ3v) is 15.6. The Kier molecular flexibility index (Phi) is 9.85. The summed E-state index contributed by atoms with van der Waals surface area (Å²) in [6, 6.07) is 0. The molecule has 0 atom stereocenters. The second kappa shape index (κ2) is 10.5. The Morgan fingerprint density at radius 3 is 1.85 bits per heavy atom. The van der Waals surface area contributed by atoms with Crippen molar-refractivity contribution in [1.29, 1.82) is 0 Å². The summed E-state index contributed by atoms with van der Waals surface area (Å²) in [6.45, 7) is 6.94. The van der Waals surface area contributed by atoms with E-state index in [1.54, 1.807) is 0 Å². The Hall–Kier alpha value is 0.758. The molecule has 3 radical (unpaired) electrons. The van der Waals surface area contributed by atoms with Crippen LogP contribution in [0.4, 0.5) is 0 Å². The van der Waals surface area contributed by atoms with Crippen LogP contribution in [0.15, 0.2) is 19.6 Å². The van der Waals surface area contributed by atoms with E-state index in [2.05, 4.69) is 37.9 Å². The van der Waals surface area contributed by atoms with Gasteiger partial charge in [0.05, 0.1) is 0 Å². The van der Waals surface area contributed by atoms with Crippen molar-refractivity contribution in [3.05, 3.63) is 19.6 Å². The van der Waals surface area contributed by atoms with Crippen LogP contribution in [0.2, 0.25) is 3.43 Å². The molecule has 115 valence electrons. The molecule has 0 saturated carbocycles. The standard InChI is InChI=1S/C13H27.C4H4OSe.Sn/c1-4-7-10-13(11-8-5-2)12-9-6-3;5-6-3-1-2-4-6;/h4-12H2,1-3H3;1-3,5H;. The molecule has 1 N–H and O–H groups in total. The van der Waals surface area contributed by atoms with E-state index < -0.39 is 35.4 Å². The van der Waals surface area contributed by atoms with Crippen LogP contribution in [0.25, 0.3) is 0 Å². The SMILES string of the molecule is CCCC[C](CCCC)(CCCC)[Sn][C]1=CC=C[Se]1O. The molecule has 1 aliphatic heterocycles. The van der Waals surface area contributed by atoms with Crippen LogP contribution >= 0.6 is 0 Å². The quantitative estimate of drug-likeness (QED) is 0.444. The van der Waals surface area contributed by atoms with E-state index in [1.807, 2.05) is 0 Å². The van der Waals surface area contributed by atoms with E-state index in [-0.39, 0.29) is 0 Å². The van der Waals surface area contributed by atoms with Gasteiger partial charge in [-0.25, -0.2) is 0 Å². The Labute approximate surface area is 140 Å². The summed E-state index contributed by atoms with van der Waals surface area (Å²) in [5.41, 5.74) is 0. The molecule has 3 heteroatoms. The van der Waals surface area contributed by atoms with Gasteiger partial charge < -0.3 is 0 Å². The van der Waals surface area contributed by atoms with Gasteiger partial charge in [-0.2, -0.15) is 0 Å². The van der Waals surface area contributed by atoms with Crippen LogP contribution in [-0.4, -0.2) is 39.6 Å². The fraction of sp³-hybridized carbons (Fsp3) is 0.765. The molecule has 1 nitrogen and oxygen atoms in total. The fourth-order valence-corrected chi connectivity index (χ4v) is 14.5. The Balaban J connectivity index is 2.76. The first kappa shape index (κ1) is 18.8. The summed E-state index contributed by atoms with van der Waals surface area (Å²) in [6.07, 6.45) is 16.7. The molecule has 0 aliphatic carbocycles. The second-order valence-electron chi connectivity index (χ2n) is 5.89. The minimum atomic E-state index is -1.47. The van der Waals surface area contributed by atoms with Crippen molar-refractivity contribution in [3.8, 4) is 0 Å². The zero-order valence-electron chi connectivity index (χ0n) is 13.5. The van der Waals surface area contributed by atoms with Crippen molar-refractivity contribution < 1.29 is 4.19 Å². The van der Waals surface area contributed by atoms with E-state index in [4.69, 9.17) is 0 Å². The number of unbranched alkanes of at least 4 members (excludes halogenated alkanes) is 3. The molecule has 1 aliphatic rings. The Morgan fingerprint density at radius 1 is 1.00 bits per heavy atom. The van der Waals surface area contributed by atoms with Crippen LogP contribution < -0.4 is 0 Å². The summed E-state index contributed by atoms with van der Waals surface area (Å²) in [7, 11) is 0. The molecule has 0 bridgehead atoms. The van der Waals surface area contributed by atoms with Gasteiger partial charge in [-0.3, -0.25) is 0 Å². The van der Waals surface area contributed by atoms with Crippen molar-refractivity contribution in [2.45, 2.75) is 82.0 Å². The maximum atomic E-state index is 10.2. The van der Waals surface area contributed by atoms with E-state index in [0.717, 1.165) is 0 Å². The van der Waals surface area contributed by atoms with Gasteiger partial charge in [0.25, 0.3) is 0 Å². The topological polar surface area (TPSA) is 20.2 Å². The van der Waals surface area contributed by atoms with Crippen LogP contribution in [0, 0.1) is 0 Å². The van der Waals surface area contributed by atoms with Gasteiger partial charge >= 0.3 is 141 Å². The Bertz CT molecular complexity index is 303. The van der Waals surface area contributed by atoms with Gasteiger partial charge in [0.15, 0.2) is 0 Å². The monoisotopic (exact) mass is 451 g/mol. The second-order valence-corrected chi connectivity index (χ2v) is 16.3. The van der Waals surface area contributed by atoms with Crippen LogP contribution in [0.3, 0.4) is 0 Å². The summed E-state index contributed by atoms with van der Waals surface area (Å²) in [5, 5.41) is 0. The molecular weight excluding hydrogens is 418 g/mol. The molecule has 0 spiro atoms. The van der Waals surface area contributed by atoms with Gasteiger partial charge in [-0.15, -0.1) is 0 Å². The molecule has 0 aromatic rings. The summed E-state index contributed by atoms with van der Waals surface area (Å²) < 4.78 is 12.4. The third kappa shape index (κ3) is 6.25. The predicted molar refractivity (Wildman–Crippen MR) is 92.2 cm³/mol. The van der Waals surface area contributed by atoms with Crippen LogP contribution in [0.1, 0.15) is 78.6 Å². The average Bonchev–Trinajstić information content (AvgIpc) is 2.85. The summed E-state index contributed by atoms with van der Waals surface area (Å²) in [4.78, 5) is 2.08. The summed E-state index contributed by atoms with van der Waals surface area (Å²) in [5.74, 6) is 0. The van der Waals surface area contributed by atoms with E-state index >= 15 is 0 Å². The molecule has 0 unspecified atom stereocenters. The molecule has 0 aromatic carbocycles. The number of allylic oxidation sites excluding steroid dienone is 2. The molecule has 1 heterocycles. The van der Waals surface area contributed by atoms with Gasteiger partial charge in [0.1, 0.15) is 0 Å². The molecule has 20 heavy (non-hydrogen) atoms. The Morgan fingerprint density at radius 2 is 1.50 bits per heavy atom. The molecule has 0 amide bonds. The first-order valence-corrected chi connectivity index (χ1v) is 13.7. The third-order valence-electron chi connectivity index (χ3n) is 4.10. The fourth-order valence-electron chi connectivity index (χ4n) is 2.81. The van der Waals surface area contributed by atoms with Crippen LogP contribution in [0.5, 0.6) is 0 Å². The summed E-state index contributed by atoms with van der Waals surface area (Å²) >= 11 is -2.11. The first-order chi connectivity index (χ1) is 9.67. The zero-order valence-corrected chi connectivity index (χ0v) is 18.0. The van der Waals surface area contributed by atoms with Gasteiger partial charge in [-0.1, -0.05) is 0 Å². The number of hydrogen-bond acceptors (Lipinski definition) is 1. The van der Waals surface area contributed by atoms with Crippen molar-refractivity contribution in [2.75, 3.05) is 0 Å². The molecule has 1 rings (SSSR count). The molecule has 0 aromatic heterocycles. The van der Waals surface area contributed by atoms with Gasteiger partial charge in [-0.05, 0) is 0 Å². The zero-order chi connectivity index (χ0) is 14.8. The average molecular weight is 449 g/mol. The maximum absolute atomic E-state index is 10.2. The van der Waals surface area contributed by atoms with Crippen molar-refractivity contribution >= 4 is 35.4 Å². The molecule has 0 saturated heterocycles. The van der Waals surface area contributed by atoms with E-state index in [1.165, 1.54) is 60.3 Å². The van der Waals surface area contributed by atoms with Gasteiger partial charge in [0, 0.05) is 0 Å². The van der Waals surface area contributed by atoms with Crippen molar-refractivity contribution in [1.82, 2.24) is 0 Å². The normalized spacial score (nSPS) is 15.9. The molecule has 0 fully saturated rings. The van der Waals surface area contributed by atoms with E-state index in [9.17, 15) is 4.19 Å². The van der Waals surface area contributed by atoms with Crippen LogP contribution in [-0.2, 0) is 0 Å². The van der Waals surface area contributed by atoms with Crippen molar-refractivity contribution in [2.24, 2.45) is 0 Å². The number of hydrogen-bond donors (Lipinski definition) is 1. The predicted octanol–water partition coefficient (Wildman–Crippen LogP) is 4.94. The van der Waals surface area contributed by atoms with E-state index in [0.29, 0.717) is 3.43 Å². The minimum absolute atomic E-state index is 0.633. The first-order valence-electron chi connectivity index (χ1n) is 8.26. The van der Waals surface area contributed by atoms with Gasteiger partial charge in [0.2, 0.25) is 0 Å². The number of rotatable bonds is 11. The van der Waals surface area contributed by atoms with Crippen molar-refractivity contribution in [3.63, 3.8) is 0 Å². The molecular formula is C17H31OSeSn.